The minimum Gasteiger partial charge on any atom is -0.458 e. The number of ketones is 1. The number of hydrogen-bond acceptors (Lipinski definition) is 2. The Morgan fingerprint density at radius 2 is 1.94 bits per heavy atom. The molecule has 0 fully saturated rings. The molecular formula is C13H10F2O2. The molecule has 0 saturated carbocycles. The molecule has 2 nitrogen and oxygen atoms in total. The van der Waals surface area contributed by atoms with Crippen molar-refractivity contribution in [1.29, 1.82) is 0 Å². The van der Waals surface area contributed by atoms with Gasteiger partial charge in [-0.25, -0.2) is 8.78 Å². The fourth-order valence-corrected chi connectivity index (χ4v) is 1.51. The molecule has 0 aliphatic carbocycles. The third kappa shape index (κ3) is 2.58. The topological polar surface area (TPSA) is 30.2 Å². The largest absolute Gasteiger partial charge is 0.458 e. The quantitative estimate of drug-likeness (QED) is 0.765. The van der Waals surface area contributed by atoms with Gasteiger partial charge in [-0.05, 0) is 36.8 Å². The SMILES string of the molecule is Cc1ccc(C(=O)Cc2ccc(F)c(F)c2)o1. The number of benzene rings is 1. The lowest BCUT2D eigenvalue weighted by Gasteiger charge is -2.00. The van der Waals surface area contributed by atoms with E-state index in [1.54, 1.807) is 19.1 Å². The van der Waals surface area contributed by atoms with Gasteiger partial charge in [0, 0.05) is 6.42 Å². The highest BCUT2D eigenvalue weighted by Crippen LogP contribution is 2.13. The van der Waals surface area contributed by atoms with Gasteiger partial charge in [-0.15, -0.1) is 0 Å². The molecule has 0 N–H and O–H groups in total. The van der Waals surface area contributed by atoms with Crippen molar-refractivity contribution in [2.24, 2.45) is 0 Å². The average molecular weight is 236 g/mol. The maximum atomic E-state index is 12.9. The first-order valence-electron chi connectivity index (χ1n) is 5.10. The summed E-state index contributed by atoms with van der Waals surface area (Å²) in [6.45, 7) is 1.73. The van der Waals surface area contributed by atoms with Crippen LogP contribution < -0.4 is 0 Å². The Morgan fingerprint density at radius 3 is 2.53 bits per heavy atom. The fourth-order valence-electron chi connectivity index (χ4n) is 1.51. The molecule has 2 rings (SSSR count). The van der Waals surface area contributed by atoms with Crippen molar-refractivity contribution >= 4 is 5.78 Å². The van der Waals surface area contributed by atoms with E-state index in [0.29, 0.717) is 11.3 Å². The number of carbonyl (C=O) groups is 1. The Bertz CT molecular complexity index is 558. The molecule has 17 heavy (non-hydrogen) atoms. The Hall–Kier alpha value is -1.97. The van der Waals surface area contributed by atoms with Gasteiger partial charge < -0.3 is 4.42 Å². The van der Waals surface area contributed by atoms with Gasteiger partial charge in [-0.2, -0.15) is 0 Å². The lowest BCUT2D eigenvalue weighted by Crippen LogP contribution is -2.02. The van der Waals surface area contributed by atoms with Crippen molar-refractivity contribution in [1.82, 2.24) is 0 Å². The normalized spacial score (nSPS) is 10.5. The Balaban J connectivity index is 2.15. The molecule has 0 aliphatic heterocycles. The third-order valence-electron chi connectivity index (χ3n) is 2.36. The highest BCUT2D eigenvalue weighted by atomic mass is 19.2. The van der Waals surface area contributed by atoms with Crippen LogP contribution in [0, 0.1) is 18.6 Å². The Kier molecular flexibility index (Phi) is 3.04. The second-order valence-electron chi connectivity index (χ2n) is 3.76. The van der Waals surface area contributed by atoms with Crippen molar-refractivity contribution in [3.8, 4) is 0 Å². The van der Waals surface area contributed by atoms with Crippen LogP contribution >= 0.6 is 0 Å². The first kappa shape index (κ1) is 11.5. The maximum Gasteiger partial charge on any atom is 0.202 e. The summed E-state index contributed by atoms with van der Waals surface area (Å²) < 4.78 is 30.8. The van der Waals surface area contributed by atoms with E-state index < -0.39 is 11.6 Å². The predicted molar refractivity (Wildman–Crippen MR) is 57.8 cm³/mol. The molecule has 88 valence electrons. The highest BCUT2D eigenvalue weighted by molar-refractivity contribution is 5.95. The van der Waals surface area contributed by atoms with Crippen LogP contribution in [0.25, 0.3) is 0 Å². The van der Waals surface area contributed by atoms with Gasteiger partial charge in [0.05, 0.1) is 0 Å². The highest BCUT2D eigenvalue weighted by Gasteiger charge is 2.12. The van der Waals surface area contributed by atoms with Gasteiger partial charge in [0.15, 0.2) is 17.4 Å². The van der Waals surface area contributed by atoms with E-state index in [1.807, 2.05) is 0 Å². The van der Waals surface area contributed by atoms with Crippen LogP contribution in [-0.2, 0) is 6.42 Å². The molecule has 0 bridgehead atoms. The molecule has 1 heterocycles. The van der Waals surface area contributed by atoms with Gasteiger partial charge in [-0.1, -0.05) is 6.07 Å². The van der Waals surface area contributed by atoms with Crippen LogP contribution in [-0.4, -0.2) is 5.78 Å². The molecule has 1 aromatic carbocycles. The number of furan rings is 1. The lowest BCUT2D eigenvalue weighted by molar-refractivity contribution is 0.0965. The number of Topliss-reactive ketones (excluding diaryl/α,β-unsaturated/α-hetero) is 1. The standard InChI is InChI=1S/C13H10F2O2/c1-8-2-5-13(17-8)12(16)7-9-3-4-10(14)11(15)6-9/h2-6H,7H2,1H3. The fraction of sp³-hybridized carbons (Fsp3) is 0.154. The summed E-state index contributed by atoms with van der Waals surface area (Å²) in [5.41, 5.74) is 0.419. The van der Waals surface area contributed by atoms with Gasteiger partial charge in [0.25, 0.3) is 0 Å². The number of aryl methyl sites for hydroxylation is 1. The zero-order valence-corrected chi connectivity index (χ0v) is 9.17. The minimum atomic E-state index is -0.953. The second kappa shape index (κ2) is 4.49. The molecule has 2 aromatic rings. The molecule has 0 unspecified atom stereocenters. The molecule has 0 aliphatic rings. The second-order valence-corrected chi connectivity index (χ2v) is 3.76. The first-order valence-corrected chi connectivity index (χ1v) is 5.10. The van der Waals surface area contributed by atoms with Crippen LogP contribution in [0.5, 0.6) is 0 Å². The molecular weight excluding hydrogens is 226 g/mol. The summed E-state index contributed by atoms with van der Waals surface area (Å²) in [7, 11) is 0. The van der Waals surface area contributed by atoms with E-state index in [1.165, 1.54) is 6.07 Å². The van der Waals surface area contributed by atoms with Crippen LogP contribution in [0.4, 0.5) is 8.78 Å². The predicted octanol–water partition coefficient (Wildman–Crippen LogP) is 3.29. The molecule has 1 aromatic heterocycles. The van der Waals surface area contributed by atoms with Crippen molar-refractivity contribution < 1.29 is 18.0 Å². The van der Waals surface area contributed by atoms with Crippen LogP contribution in [0.15, 0.2) is 34.7 Å². The van der Waals surface area contributed by atoms with E-state index in [9.17, 15) is 13.6 Å². The van der Waals surface area contributed by atoms with E-state index in [-0.39, 0.29) is 18.0 Å². The summed E-state index contributed by atoms with van der Waals surface area (Å²) in [4.78, 5) is 11.7. The van der Waals surface area contributed by atoms with Crippen LogP contribution in [0.3, 0.4) is 0 Å². The van der Waals surface area contributed by atoms with Crippen LogP contribution in [0.2, 0.25) is 0 Å². The molecule has 0 radical (unpaired) electrons. The Labute approximate surface area is 96.9 Å². The summed E-state index contributed by atoms with van der Waals surface area (Å²) in [6, 6.07) is 6.65. The number of halogens is 2. The van der Waals surface area contributed by atoms with E-state index >= 15 is 0 Å². The molecule has 0 saturated heterocycles. The average Bonchev–Trinajstić information content (AvgIpc) is 2.70. The van der Waals surface area contributed by atoms with Gasteiger partial charge in [-0.3, -0.25) is 4.79 Å². The van der Waals surface area contributed by atoms with Gasteiger partial charge in [0.2, 0.25) is 5.78 Å². The van der Waals surface area contributed by atoms with Crippen LogP contribution in [0.1, 0.15) is 21.9 Å². The smallest absolute Gasteiger partial charge is 0.202 e. The zero-order chi connectivity index (χ0) is 12.4. The minimum absolute atomic E-state index is 0.00977. The third-order valence-corrected chi connectivity index (χ3v) is 2.36. The number of carbonyl (C=O) groups excluding carboxylic acids is 1. The summed E-state index contributed by atoms with van der Waals surface area (Å²) in [5.74, 6) is -1.27. The number of hydrogen-bond donors (Lipinski definition) is 0. The lowest BCUT2D eigenvalue weighted by atomic mass is 10.1. The van der Waals surface area contributed by atoms with E-state index in [4.69, 9.17) is 4.42 Å². The molecule has 0 atom stereocenters. The van der Waals surface area contributed by atoms with Crippen molar-refractivity contribution in [3.63, 3.8) is 0 Å². The summed E-state index contributed by atoms with van der Waals surface area (Å²) >= 11 is 0. The first-order chi connectivity index (χ1) is 8.06. The zero-order valence-electron chi connectivity index (χ0n) is 9.17. The number of rotatable bonds is 3. The van der Waals surface area contributed by atoms with Crippen molar-refractivity contribution in [2.45, 2.75) is 13.3 Å². The molecule has 0 amide bonds. The van der Waals surface area contributed by atoms with E-state index in [0.717, 1.165) is 12.1 Å². The monoisotopic (exact) mass is 236 g/mol. The summed E-state index contributed by atoms with van der Waals surface area (Å²) in [6.07, 6.45) is -0.00977. The molecule has 0 spiro atoms. The Morgan fingerprint density at radius 1 is 1.18 bits per heavy atom. The van der Waals surface area contributed by atoms with Crippen molar-refractivity contribution in [2.75, 3.05) is 0 Å². The van der Waals surface area contributed by atoms with Gasteiger partial charge in [0.1, 0.15) is 5.76 Å². The van der Waals surface area contributed by atoms with Gasteiger partial charge >= 0.3 is 0 Å². The molecule has 4 heteroatoms. The summed E-state index contributed by atoms with van der Waals surface area (Å²) in [5, 5.41) is 0. The maximum absolute atomic E-state index is 12.9. The van der Waals surface area contributed by atoms with E-state index in [2.05, 4.69) is 0 Å². The van der Waals surface area contributed by atoms with Crippen molar-refractivity contribution in [3.05, 3.63) is 59.1 Å².